The van der Waals surface area contributed by atoms with Gasteiger partial charge >= 0.3 is 0 Å². The normalized spacial score (nSPS) is 10.5. The molecule has 0 unspecified atom stereocenters. The maximum absolute atomic E-state index is 13.1. The van der Waals surface area contributed by atoms with Gasteiger partial charge in [0.2, 0.25) is 11.8 Å². The second-order valence-corrected chi connectivity index (χ2v) is 2.81. The van der Waals surface area contributed by atoms with Crippen LogP contribution in [0.3, 0.4) is 0 Å². The standard InChI is InChI=1S/C10H6F3N/c11-7-8(12)10(13)14-9(7)6-4-2-1-3-5-6/h1-5,14H. The van der Waals surface area contributed by atoms with E-state index in [2.05, 4.69) is 0 Å². The number of rotatable bonds is 1. The van der Waals surface area contributed by atoms with Crippen LogP contribution in [0.5, 0.6) is 0 Å². The second kappa shape index (κ2) is 3.21. The highest BCUT2D eigenvalue weighted by Crippen LogP contribution is 2.24. The van der Waals surface area contributed by atoms with Gasteiger partial charge in [-0.1, -0.05) is 30.3 Å². The molecule has 2 rings (SSSR count). The van der Waals surface area contributed by atoms with Gasteiger partial charge in [0.05, 0.1) is 5.69 Å². The molecule has 0 atom stereocenters. The molecule has 4 heteroatoms. The summed E-state index contributed by atoms with van der Waals surface area (Å²) in [5.74, 6) is -3.93. The largest absolute Gasteiger partial charge is 0.326 e. The molecule has 0 saturated heterocycles. The molecule has 0 amide bonds. The molecular weight excluding hydrogens is 191 g/mol. The Morgan fingerprint density at radius 3 is 2.00 bits per heavy atom. The summed E-state index contributed by atoms with van der Waals surface area (Å²) in [7, 11) is 0. The zero-order valence-corrected chi connectivity index (χ0v) is 7.02. The molecule has 0 fully saturated rings. The third kappa shape index (κ3) is 1.28. The molecule has 0 aliphatic carbocycles. The third-order valence-corrected chi connectivity index (χ3v) is 1.90. The third-order valence-electron chi connectivity index (χ3n) is 1.90. The van der Waals surface area contributed by atoms with Crippen molar-refractivity contribution >= 4 is 0 Å². The van der Waals surface area contributed by atoms with E-state index in [4.69, 9.17) is 0 Å². The van der Waals surface area contributed by atoms with Crippen LogP contribution < -0.4 is 0 Å². The number of aromatic amines is 1. The van der Waals surface area contributed by atoms with Crippen molar-refractivity contribution in [3.63, 3.8) is 0 Å². The van der Waals surface area contributed by atoms with E-state index in [9.17, 15) is 13.2 Å². The lowest BCUT2D eigenvalue weighted by Gasteiger charge is -1.95. The first-order valence-corrected chi connectivity index (χ1v) is 3.98. The molecule has 0 aliphatic rings. The Kier molecular flexibility index (Phi) is 2.04. The molecule has 1 nitrogen and oxygen atoms in total. The van der Waals surface area contributed by atoms with Gasteiger partial charge in [0.1, 0.15) is 0 Å². The lowest BCUT2D eigenvalue weighted by atomic mass is 10.1. The lowest BCUT2D eigenvalue weighted by Crippen LogP contribution is -1.81. The highest BCUT2D eigenvalue weighted by Gasteiger charge is 2.18. The van der Waals surface area contributed by atoms with Crippen molar-refractivity contribution in [3.8, 4) is 11.3 Å². The van der Waals surface area contributed by atoms with E-state index in [0.29, 0.717) is 5.56 Å². The SMILES string of the molecule is Fc1[nH]c(-c2ccccc2)c(F)c1F. The molecule has 1 aromatic heterocycles. The zero-order valence-electron chi connectivity index (χ0n) is 7.02. The van der Waals surface area contributed by atoms with Gasteiger partial charge in [-0.15, -0.1) is 0 Å². The number of hydrogen-bond acceptors (Lipinski definition) is 0. The highest BCUT2D eigenvalue weighted by atomic mass is 19.2. The highest BCUT2D eigenvalue weighted by molar-refractivity contribution is 5.60. The van der Waals surface area contributed by atoms with Crippen molar-refractivity contribution in [3.05, 3.63) is 47.9 Å². The molecule has 1 aromatic carbocycles. The number of hydrogen-bond donors (Lipinski definition) is 1. The van der Waals surface area contributed by atoms with Crippen LogP contribution in [0.4, 0.5) is 13.2 Å². The van der Waals surface area contributed by atoms with Gasteiger partial charge in [-0.05, 0) is 0 Å². The Morgan fingerprint density at radius 1 is 0.857 bits per heavy atom. The summed E-state index contributed by atoms with van der Waals surface area (Å²) in [5, 5.41) is 0. The van der Waals surface area contributed by atoms with Crippen LogP contribution >= 0.6 is 0 Å². The number of benzene rings is 1. The quantitative estimate of drug-likeness (QED) is 0.723. The first kappa shape index (κ1) is 8.87. The molecule has 0 aliphatic heterocycles. The zero-order chi connectivity index (χ0) is 10.1. The summed E-state index contributed by atoms with van der Waals surface area (Å²) in [6.45, 7) is 0. The van der Waals surface area contributed by atoms with Crippen molar-refractivity contribution in [2.75, 3.05) is 0 Å². The maximum Gasteiger partial charge on any atom is 0.230 e. The van der Waals surface area contributed by atoms with Gasteiger partial charge < -0.3 is 4.98 Å². The number of halogens is 3. The Balaban J connectivity index is 2.58. The number of nitrogens with one attached hydrogen (secondary N) is 1. The summed E-state index contributed by atoms with van der Waals surface area (Å²) in [6, 6.07) is 8.18. The van der Waals surface area contributed by atoms with Gasteiger partial charge in [0.25, 0.3) is 0 Å². The molecule has 0 bridgehead atoms. The molecule has 0 spiro atoms. The van der Waals surface area contributed by atoms with Crippen LogP contribution in [-0.2, 0) is 0 Å². The number of aromatic nitrogens is 1. The molecule has 1 heterocycles. The van der Waals surface area contributed by atoms with Crippen molar-refractivity contribution in [1.29, 1.82) is 0 Å². The predicted molar refractivity (Wildman–Crippen MR) is 46.1 cm³/mol. The molecule has 72 valence electrons. The fourth-order valence-electron chi connectivity index (χ4n) is 1.23. The first-order chi connectivity index (χ1) is 6.70. The smallest absolute Gasteiger partial charge is 0.230 e. The van der Waals surface area contributed by atoms with E-state index < -0.39 is 17.6 Å². The summed E-state index contributed by atoms with van der Waals surface area (Å²) in [4.78, 5) is 2.01. The van der Waals surface area contributed by atoms with Gasteiger partial charge in [0, 0.05) is 5.56 Å². The topological polar surface area (TPSA) is 15.8 Å². The van der Waals surface area contributed by atoms with Gasteiger partial charge in [-0.2, -0.15) is 8.78 Å². The molecule has 0 saturated carbocycles. The van der Waals surface area contributed by atoms with Crippen LogP contribution in [0.1, 0.15) is 0 Å². The molecule has 0 radical (unpaired) electrons. The summed E-state index contributed by atoms with van der Waals surface area (Å²) in [5.41, 5.74) is 0.244. The van der Waals surface area contributed by atoms with E-state index in [0.717, 1.165) is 0 Å². The first-order valence-electron chi connectivity index (χ1n) is 3.98. The van der Waals surface area contributed by atoms with Crippen molar-refractivity contribution < 1.29 is 13.2 Å². The average molecular weight is 197 g/mol. The molecule has 2 aromatic rings. The summed E-state index contributed by atoms with van der Waals surface area (Å²) < 4.78 is 38.3. The Hall–Kier alpha value is -1.71. The van der Waals surface area contributed by atoms with Gasteiger partial charge in [0.15, 0.2) is 5.82 Å². The van der Waals surface area contributed by atoms with E-state index in [-0.39, 0.29) is 5.69 Å². The predicted octanol–water partition coefficient (Wildman–Crippen LogP) is 3.10. The van der Waals surface area contributed by atoms with Gasteiger partial charge in [-0.3, -0.25) is 0 Å². The van der Waals surface area contributed by atoms with Gasteiger partial charge in [-0.25, -0.2) is 4.39 Å². The fraction of sp³-hybridized carbons (Fsp3) is 0. The van der Waals surface area contributed by atoms with Crippen LogP contribution in [0.25, 0.3) is 11.3 Å². The van der Waals surface area contributed by atoms with E-state index in [1.807, 2.05) is 4.98 Å². The number of H-pyrrole nitrogens is 1. The minimum Gasteiger partial charge on any atom is -0.326 e. The minimum atomic E-state index is -1.47. The van der Waals surface area contributed by atoms with E-state index in [1.54, 1.807) is 30.3 Å². The van der Waals surface area contributed by atoms with Crippen molar-refractivity contribution in [2.45, 2.75) is 0 Å². The maximum atomic E-state index is 13.1. The summed E-state index contributed by atoms with van der Waals surface area (Å²) >= 11 is 0. The Morgan fingerprint density at radius 2 is 1.50 bits per heavy atom. The molecule has 14 heavy (non-hydrogen) atoms. The lowest BCUT2D eigenvalue weighted by molar-refractivity contribution is 0.453. The van der Waals surface area contributed by atoms with Crippen molar-refractivity contribution in [2.24, 2.45) is 0 Å². The van der Waals surface area contributed by atoms with Crippen LogP contribution in [-0.4, -0.2) is 4.98 Å². The van der Waals surface area contributed by atoms with Crippen LogP contribution in [0.15, 0.2) is 30.3 Å². The van der Waals surface area contributed by atoms with E-state index in [1.165, 1.54) is 0 Å². The Labute approximate surface area is 78.2 Å². The Bertz CT molecular complexity index is 448. The van der Waals surface area contributed by atoms with Crippen LogP contribution in [0, 0.1) is 17.6 Å². The fourth-order valence-corrected chi connectivity index (χ4v) is 1.23. The van der Waals surface area contributed by atoms with Crippen molar-refractivity contribution in [1.82, 2.24) is 4.98 Å². The summed E-state index contributed by atoms with van der Waals surface area (Å²) in [6.07, 6.45) is 0. The molecule has 1 N–H and O–H groups in total. The average Bonchev–Trinajstić information content (AvgIpc) is 2.47. The van der Waals surface area contributed by atoms with Crippen LogP contribution in [0.2, 0.25) is 0 Å². The van der Waals surface area contributed by atoms with E-state index >= 15 is 0 Å². The molecular formula is C10H6F3N. The monoisotopic (exact) mass is 197 g/mol. The second-order valence-electron chi connectivity index (χ2n) is 2.81. The minimum absolute atomic E-state index is 0.166.